The van der Waals surface area contributed by atoms with Gasteiger partial charge in [0.15, 0.2) is 6.29 Å². The summed E-state index contributed by atoms with van der Waals surface area (Å²) in [5.41, 5.74) is 0. The molecule has 0 spiro atoms. The van der Waals surface area contributed by atoms with Crippen LogP contribution in [0.25, 0.3) is 0 Å². The van der Waals surface area contributed by atoms with E-state index in [-0.39, 0.29) is 18.9 Å². The smallest absolute Gasteiger partial charge is 0.220 e. The summed E-state index contributed by atoms with van der Waals surface area (Å²) in [7, 11) is 0. The Hall–Kier alpha value is -2.89. The highest BCUT2D eigenvalue weighted by Crippen LogP contribution is 2.22. The number of rotatable bonds is 37. The van der Waals surface area contributed by atoms with E-state index in [0.717, 1.165) is 57.8 Å². The predicted octanol–water partition coefficient (Wildman–Crippen LogP) is 10.1. The van der Waals surface area contributed by atoms with Gasteiger partial charge >= 0.3 is 0 Å². The number of amides is 1. The number of ether oxygens (including phenoxy) is 2. The van der Waals surface area contributed by atoms with Crippen LogP contribution < -0.4 is 5.32 Å². The number of aliphatic hydroxyl groups excluding tert-OH is 5. The second kappa shape index (κ2) is 40.2. The molecule has 1 aliphatic rings. The van der Waals surface area contributed by atoms with Crippen molar-refractivity contribution >= 4 is 5.91 Å². The minimum atomic E-state index is -1.59. The third-order valence-electron chi connectivity index (χ3n) is 10.4. The first-order chi connectivity index (χ1) is 29.3. The fourth-order valence-electron chi connectivity index (χ4n) is 6.66. The molecule has 7 atom stereocenters. The maximum atomic E-state index is 12.9. The van der Waals surface area contributed by atoms with Crippen LogP contribution in [0.3, 0.4) is 0 Å². The molecule has 1 rings (SSSR count). The van der Waals surface area contributed by atoms with E-state index in [9.17, 15) is 30.3 Å². The molecule has 9 heteroatoms. The number of carbonyl (C=O) groups is 1. The van der Waals surface area contributed by atoms with Gasteiger partial charge in [-0.15, -0.1) is 0 Å². The summed E-state index contributed by atoms with van der Waals surface area (Å²) in [6.07, 6.45) is 50.3. The molecule has 1 fully saturated rings. The molecule has 9 nitrogen and oxygen atoms in total. The highest BCUT2D eigenvalue weighted by atomic mass is 16.7. The summed E-state index contributed by atoms with van der Waals surface area (Å²) in [5.74, 6) is -0.273. The average molecular weight is 840 g/mol. The Balaban J connectivity index is 2.45. The topological polar surface area (TPSA) is 149 Å². The van der Waals surface area contributed by atoms with Crippen molar-refractivity contribution in [1.82, 2.24) is 5.32 Å². The Labute approximate surface area is 364 Å². The molecule has 1 amide bonds. The molecule has 1 aliphatic heterocycles. The molecule has 0 aromatic rings. The van der Waals surface area contributed by atoms with Gasteiger partial charge in [0.05, 0.1) is 25.4 Å². The lowest BCUT2D eigenvalue weighted by atomic mass is 9.99. The van der Waals surface area contributed by atoms with Gasteiger partial charge in [-0.25, -0.2) is 0 Å². The molecule has 0 bridgehead atoms. The van der Waals surface area contributed by atoms with Crippen molar-refractivity contribution in [3.8, 4) is 0 Å². The normalized spacial score (nSPS) is 21.5. The quantitative estimate of drug-likeness (QED) is 0.0268. The number of unbranched alkanes of at least 4 members (excludes halogenated alkanes) is 13. The molecule has 1 heterocycles. The maximum Gasteiger partial charge on any atom is 0.220 e. The van der Waals surface area contributed by atoms with E-state index in [4.69, 9.17) is 9.47 Å². The van der Waals surface area contributed by atoms with E-state index in [1.54, 1.807) is 6.08 Å². The number of carbonyl (C=O) groups excluding carboxylic acids is 1. The van der Waals surface area contributed by atoms with Gasteiger partial charge in [-0.1, -0.05) is 182 Å². The fraction of sp³-hybridized carbons (Fsp3) is 0.667. The van der Waals surface area contributed by atoms with Gasteiger partial charge < -0.3 is 40.3 Å². The minimum Gasteiger partial charge on any atom is -0.394 e. The van der Waals surface area contributed by atoms with Crippen LogP contribution in [0.15, 0.2) is 97.2 Å². The van der Waals surface area contributed by atoms with Crippen LogP contribution in [-0.2, 0) is 14.3 Å². The second-order valence-corrected chi connectivity index (χ2v) is 15.8. The third kappa shape index (κ3) is 30.2. The van der Waals surface area contributed by atoms with E-state index < -0.39 is 49.5 Å². The Morgan fingerprint density at radius 2 is 1.05 bits per heavy atom. The average Bonchev–Trinajstić information content (AvgIpc) is 3.25. The molecule has 7 unspecified atom stereocenters. The number of aliphatic hydroxyl groups is 5. The minimum absolute atomic E-state index is 0.207. The molecule has 6 N–H and O–H groups in total. The fourth-order valence-corrected chi connectivity index (χ4v) is 6.66. The lowest BCUT2D eigenvalue weighted by molar-refractivity contribution is -0.302. The van der Waals surface area contributed by atoms with E-state index in [1.807, 2.05) is 18.2 Å². The summed E-state index contributed by atoms with van der Waals surface area (Å²) in [6, 6.07) is -0.868. The summed E-state index contributed by atoms with van der Waals surface area (Å²) < 4.78 is 11.2. The van der Waals surface area contributed by atoms with Crippen molar-refractivity contribution < 1.29 is 39.8 Å². The van der Waals surface area contributed by atoms with Crippen molar-refractivity contribution in [2.75, 3.05) is 13.2 Å². The van der Waals surface area contributed by atoms with Crippen LogP contribution in [0.4, 0.5) is 0 Å². The summed E-state index contributed by atoms with van der Waals surface area (Å²) in [5, 5.41) is 54.1. The lowest BCUT2D eigenvalue weighted by Gasteiger charge is -2.40. The molecule has 60 heavy (non-hydrogen) atoms. The molecule has 0 aromatic carbocycles. The predicted molar refractivity (Wildman–Crippen MR) is 248 cm³/mol. The van der Waals surface area contributed by atoms with Gasteiger partial charge in [0.25, 0.3) is 0 Å². The third-order valence-corrected chi connectivity index (χ3v) is 10.4. The SMILES string of the molecule is CC/C=C\C/C=C\C/C=C\C/C=C\C/C=C\C/C=C\CCC(=O)NC(COC1OC(CO)C(O)C(O)C1O)C(O)/C=C/CC/C=C/CCCCCCCCCCCCCC. The highest BCUT2D eigenvalue weighted by molar-refractivity contribution is 5.76. The van der Waals surface area contributed by atoms with Crippen LogP contribution in [0, 0.1) is 0 Å². The van der Waals surface area contributed by atoms with Crippen molar-refractivity contribution in [3.63, 3.8) is 0 Å². The lowest BCUT2D eigenvalue weighted by Crippen LogP contribution is -2.60. The van der Waals surface area contributed by atoms with Gasteiger partial charge in [-0.2, -0.15) is 0 Å². The van der Waals surface area contributed by atoms with Crippen molar-refractivity contribution in [1.29, 1.82) is 0 Å². The van der Waals surface area contributed by atoms with Gasteiger partial charge in [0, 0.05) is 6.42 Å². The number of allylic oxidation sites excluding steroid dienone is 15. The van der Waals surface area contributed by atoms with E-state index in [0.29, 0.717) is 6.42 Å². The summed E-state index contributed by atoms with van der Waals surface area (Å²) >= 11 is 0. The first kappa shape index (κ1) is 55.1. The van der Waals surface area contributed by atoms with Crippen LogP contribution >= 0.6 is 0 Å². The first-order valence-corrected chi connectivity index (χ1v) is 23.5. The van der Waals surface area contributed by atoms with Crippen LogP contribution in [-0.4, -0.2) is 87.5 Å². The summed E-state index contributed by atoms with van der Waals surface area (Å²) in [6.45, 7) is 3.58. The Morgan fingerprint density at radius 3 is 1.58 bits per heavy atom. The second-order valence-electron chi connectivity index (χ2n) is 15.8. The molecule has 0 saturated carbocycles. The molecule has 0 radical (unpaired) electrons. The van der Waals surface area contributed by atoms with Gasteiger partial charge in [0.1, 0.15) is 24.4 Å². The zero-order chi connectivity index (χ0) is 43.7. The highest BCUT2D eigenvalue weighted by Gasteiger charge is 2.44. The van der Waals surface area contributed by atoms with Gasteiger partial charge in [-0.05, 0) is 70.6 Å². The van der Waals surface area contributed by atoms with Gasteiger partial charge in [-0.3, -0.25) is 4.79 Å². The summed E-state index contributed by atoms with van der Waals surface area (Å²) in [4.78, 5) is 12.9. The van der Waals surface area contributed by atoms with Crippen molar-refractivity contribution in [2.45, 2.75) is 204 Å². The molecule has 0 aromatic heterocycles. The van der Waals surface area contributed by atoms with E-state index in [2.05, 4.69) is 92.1 Å². The number of hydrogen-bond acceptors (Lipinski definition) is 8. The van der Waals surface area contributed by atoms with Crippen LogP contribution in [0.5, 0.6) is 0 Å². The van der Waals surface area contributed by atoms with Crippen LogP contribution in [0.2, 0.25) is 0 Å². The molecular formula is C51H85NO8. The largest absolute Gasteiger partial charge is 0.394 e. The van der Waals surface area contributed by atoms with Crippen molar-refractivity contribution in [3.05, 3.63) is 97.2 Å². The number of nitrogens with one attached hydrogen (secondary N) is 1. The molecular weight excluding hydrogens is 755 g/mol. The molecule has 0 aliphatic carbocycles. The van der Waals surface area contributed by atoms with E-state index >= 15 is 0 Å². The Morgan fingerprint density at radius 1 is 0.583 bits per heavy atom. The monoisotopic (exact) mass is 840 g/mol. The van der Waals surface area contributed by atoms with Gasteiger partial charge in [0.2, 0.25) is 5.91 Å². The zero-order valence-electron chi connectivity index (χ0n) is 37.4. The molecule has 342 valence electrons. The standard InChI is InChI=1S/C51H85NO8/c1-3-5-7-9-11-13-15-17-19-21-23-25-27-29-31-33-35-37-39-41-47(55)52-44(43-59-51-50(58)49(57)48(56)46(42-53)60-51)45(54)40-38-36-34-32-30-28-26-24-22-20-18-16-14-12-10-8-6-4-2/h5,7,11,13,17,19,23,25,29-32,35,37-38,40,44-46,48-51,53-54,56-58H,3-4,6,8-10,12,14-16,18,20-22,24,26-28,33-34,36,39,41-43H2,1-2H3,(H,52,55)/b7-5-,13-11-,19-17-,25-23-,31-29-,32-30+,37-35-,40-38+. The molecule has 1 saturated heterocycles. The van der Waals surface area contributed by atoms with E-state index in [1.165, 1.54) is 77.0 Å². The first-order valence-electron chi connectivity index (χ1n) is 23.5. The van der Waals surface area contributed by atoms with Crippen LogP contribution in [0.1, 0.15) is 162 Å². The number of hydrogen-bond donors (Lipinski definition) is 6. The van der Waals surface area contributed by atoms with Crippen molar-refractivity contribution in [2.24, 2.45) is 0 Å². The maximum absolute atomic E-state index is 12.9. The Bertz CT molecular complexity index is 1250. The Kier molecular flexibility index (Phi) is 36.9. The zero-order valence-corrected chi connectivity index (χ0v) is 37.4.